The van der Waals surface area contributed by atoms with Gasteiger partial charge in [-0.2, -0.15) is 0 Å². The van der Waals surface area contributed by atoms with Gasteiger partial charge in [0.25, 0.3) is 0 Å². The van der Waals surface area contributed by atoms with E-state index in [1.165, 1.54) is 0 Å². The van der Waals surface area contributed by atoms with Crippen LogP contribution in [0.4, 0.5) is 0 Å². The van der Waals surface area contributed by atoms with Crippen molar-refractivity contribution in [1.82, 2.24) is 10.2 Å². The molecule has 90 valence electrons. The van der Waals surface area contributed by atoms with Crippen molar-refractivity contribution in [2.24, 2.45) is 5.41 Å². The first-order chi connectivity index (χ1) is 7.47. The number of carbonyl (C=O) groups is 1. The lowest BCUT2D eigenvalue weighted by Gasteiger charge is -2.59. The van der Waals surface area contributed by atoms with Crippen LogP contribution in [0, 0.1) is 5.41 Å². The number of nitrogens with zero attached hydrogens (tertiary/aromatic N) is 1. The average Bonchev–Trinajstić information content (AvgIpc) is 2.09. The highest BCUT2D eigenvalue weighted by atomic mass is 16.5. The second kappa shape index (κ2) is 3.86. The van der Waals surface area contributed by atoms with E-state index in [0.717, 1.165) is 26.3 Å². The molecule has 2 rings (SSSR count). The van der Waals surface area contributed by atoms with Gasteiger partial charge < -0.3 is 10.1 Å². The van der Waals surface area contributed by atoms with E-state index in [1.54, 1.807) is 13.1 Å². The van der Waals surface area contributed by atoms with Gasteiger partial charge in [-0.1, -0.05) is 6.08 Å². The third kappa shape index (κ3) is 1.99. The molecule has 1 N–H and O–H groups in total. The lowest BCUT2D eigenvalue weighted by molar-refractivity contribution is -0.203. The summed E-state index contributed by atoms with van der Waals surface area (Å²) in [6, 6.07) is 0. The number of hydrogen-bond acceptors (Lipinski definition) is 3. The molecule has 2 aliphatic heterocycles. The molecular formula is C12H20N2O2. The largest absolute Gasteiger partial charge is 0.380 e. The molecule has 4 nitrogen and oxygen atoms in total. The average molecular weight is 224 g/mol. The van der Waals surface area contributed by atoms with Crippen LogP contribution < -0.4 is 5.32 Å². The van der Waals surface area contributed by atoms with Crippen molar-refractivity contribution in [3.05, 3.63) is 12.2 Å². The molecule has 0 aromatic rings. The highest BCUT2D eigenvalue weighted by Crippen LogP contribution is 2.41. The molecule has 0 aromatic carbocycles. The number of amides is 1. The number of carbonyl (C=O) groups excluding carboxylic acids is 1. The summed E-state index contributed by atoms with van der Waals surface area (Å²) in [6.45, 7) is 8.24. The van der Waals surface area contributed by atoms with Gasteiger partial charge in [-0.15, -0.1) is 0 Å². The van der Waals surface area contributed by atoms with Crippen molar-refractivity contribution >= 4 is 5.91 Å². The molecule has 16 heavy (non-hydrogen) atoms. The summed E-state index contributed by atoms with van der Waals surface area (Å²) in [6.07, 6.45) is 3.58. The van der Waals surface area contributed by atoms with Gasteiger partial charge in [0.05, 0.1) is 13.2 Å². The third-order valence-electron chi connectivity index (χ3n) is 3.57. The maximum absolute atomic E-state index is 11.1. The van der Waals surface area contributed by atoms with Crippen molar-refractivity contribution in [3.63, 3.8) is 0 Å². The minimum absolute atomic E-state index is 0.0460. The van der Waals surface area contributed by atoms with Crippen LogP contribution in [0.1, 0.15) is 13.8 Å². The number of hydrogen-bond donors (Lipinski definition) is 1. The standard InChI is InChI=1S/C12H20N2O2/c1-11(2,5-4-10(15)13-3)14-6-12(7-14)8-16-9-12/h4-5H,6-9H2,1-3H3,(H,13,15)/b5-4+. The first-order valence-electron chi connectivity index (χ1n) is 5.71. The topological polar surface area (TPSA) is 41.6 Å². The van der Waals surface area contributed by atoms with E-state index in [9.17, 15) is 4.79 Å². The molecule has 1 spiro atoms. The molecule has 2 saturated heterocycles. The Balaban J connectivity index is 1.88. The van der Waals surface area contributed by atoms with E-state index in [2.05, 4.69) is 24.1 Å². The molecule has 0 aromatic heterocycles. The Labute approximate surface area is 96.6 Å². The number of likely N-dealkylation sites (tertiary alicyclic amines) is 1. The Hall–Kier alpha value is -0.870. The first-order valence-corrected chi connectivity index (χ1v) is 5.71. The molecular weight excluding hydrogens is 204 g/mol. The van der Waals surface area contributed by atoms with Crippen LogP contribution in [0.5, 0.6) is 0 Å². The predicted octanol–water partition coefficient (Wildman–Crippen LogP) is 0.399. The first kappa shape index (κ1) is 11.6. The van der Waals surface area contributed by atoms with Crippen molar-refractivity contribution in [1.29, 1.82) is 0 Å². The molecule has 1 amide bonds. The van der Waals surface area contributed by atoms with E-state index >= 15 is 0 Å². The fraction of sp³-hybridized carbons (Fsp3) is 0.750. The van der Waals surface area contributed by atoms with Gasteiger partial charge in [-0.3, -0.25) is 9.69 Å². The molecule has 0 radical (unpaired) electrons. The highest BCUT2D eigenvalue weighted by Gasteiger charge is 2.52. The Morgan fingerprint density at radius 3 is 2.50 bits per heavy atom. The molecule has 2 aliphatic rings. The molecule has 4 heteroatoms. The van der Waals surface area contributed by atoms with Crippen molar-refractivity contribution in [2.45, 2.75) is 19.4 Å². The molecule has 0 atom stereocenters. The van der Waals surface area contributed by atoms with Crippen molar-refractivity contribution in [2.75, 3.05) is 33.4 Å². The minimum atomic E-state index is -0.0483. The van der Waals surface area contributed by atoms with Gasteiger partial charge >= 0.3 is 0 Å². The van der Waals surface area contributed by atoms with E-state index in [1.807, 2.05) is 6.08 Å². The van der Waals surface area contributed by atoms with Gasteiger partial charge in [-0.05, 0) is 13.8 Å². The van der Waals surface area contributed by atoms with Crippen LogP contribution >= 0.6 is 0 Å². The van der Waals surface area contributed by atoms with Crippen LogP contribution in [0.25, 0.3) is 0 Å². The van der Waals surface area contributed by atoms with Crippen LogP contribution in [-0.4, -0.2) is 49.7 Å². The van der Waals surface area contributed by atoms with Crippen molar-refractivity contribution in [3.8, 4) is 0 Å². The summed E-state index contributed by atoms with van der Waals surface area (Å²) < 4.78 is 5.25. The van der Waals surface area contributed by atoms with Gasteiger partial charge in [0.15, 0.2) is 0 Å². The monoisotopic (exact) mass is 224 g/mol. The van der Waals surface area contributed by atoms with E-state index in [4.69, 9.17) is 4.74 Å². The number of rotatable bonds is 3. The summed E-state index contributed by atoms with van der Waals surface area (Å²) >= 11 is 0. The second-order valence-corrected chi connectivity index (χ2v) is 5.45. The molecule has 2 heterocycles. The normalized spacial score (nSPS) is 24.2. The molecule has 0 aliphatic carbocycles. The molecule has 0 saturated carbocycles. The van der Waals surface area contributed by atoms with E-state index in [0.29, 0.717) is 5.41 Å². The van der Waals surface area contributed by atoms with E-state index in [-0.39, 0.29) is 11.4 Å². The van der Waals surface area contributed by atoms with Crippen LogP contribution in [0.15, 0.2) is 12.2 Å². The smallest absolute Gasteiger partial charge is 0.243 e. The number of nitrogens with one attached hydrogen (secondary N) is 1. The summed E-state index contributed by atoms with van der Waals surface area (Å²) in [5.74, 6) is -0.0460. The van der Waals surface area contributed by atoms with Crippen molar-refractivity contribution < 1.29 is 9.53 Å². The Kier molecular flexibility index (Phi) is 2.80. The second-order valence-electron chi connectivity index (χ2n) is 5.45. The Bertz CT molecular complexity index is 311. The predicted molar refractivity (Wildman–Crippen MR) is 62.1 cm³/mol. The van der Waals surface area contributed by atoms with Crippen LogP contribution in [-0.2, 0) is 9.53 Å². The summed E-state index contributed by atoms with van der Waals surface area (Å²) in [4.78, 5) is 13.5. The summed E-state index contributed by atoms with van der Waals surface area (Å²) in [7, 11) is 1.64. The summed E-state index contributed by atoms with van der Waals surface area (Å²) in [5.41, 5.74) is 0.380. The minimum Gasteiger partial charge on any atom is -0.380 e. The SMILES string of the molecule is CNC(=O)/C=C/C(C)(C)N1CC2(COC2)C1. The molecule has 0 unspecified atom stereocenters. The van der Waals surface area contributed by atoms with Crippen LogP contribution in [0.3, 0.4) is 0 Å². The zero-order valence-corrected chi connectivity index (χ0v) is 10.2. The molecule has 2 fully saturated rings. The lowest BCUT2D eigenvalue weighted by Crippen LogP contribution is -2.70. The number of likely N-dealkylation sites (N-methyl/N-ethyl adjacent to an activating group) is 1. The molecule has 0 bridgehead atoms. The lowest BCUT2D eigenvalue weighted by atomic mass is 9.75. The highest BCUT2D eigenvalue weighted by molar-refractivity contribution is 5.87. The maximum atomic E-state index is 11.1. The van der Waals surface area contributed by atoms with Gasteiger partial charge in [0.2, 0.25) is 5.91 Å². The van der Waals surface area contributed by atoms with Crippen LogP contribution in [0.2, 0.25) is 0 Å². The summed E-state index contributed by atoms with van der Waals surface area (Å²) in [5, 5.41) is 2.59. The van der Waals surface area contributed by atoms with Gasteiger partial charge in [-0.25, -0.2) is 0 Å². The Morgan fingerprint density at radius 1 is 1.44 bits per heavy atom. The zero-order chi connectivity index (χ0) is 11.8. The number of ether oxygens (including phenoxy) is 1. The maximum Gasteiger partial charge on any atom is 0.243 e. The van der Waals surface area contributed by atoms with E-state index < -0.39 is 0 Å². The fourth-order valence-electron chi connectivity index (χ4n) is 2.21. The van der Waals surface area contributed by atoms with Gasteiger partial charge in [0.1, 0.15) is 0 Å². The third-order valence-corrected chi connectivity index (χ3v) is 3.57. The quantitative estimate of drug-likeness (QED) is 0.706. The fourth-order valence-corrected chi connectivity index (χ4v) is 2.21. The zero-order valence-electron chi connectivity index (χ0n) is 10.2. The van der Waals surface area contributed by atoms with Gasteiger partial charge in [0, 0.05) is 37.2 Å². The Morgan fingerprint density at radius 2 is 2.06 bits per heavy atom.